The summed E-state index contributed by atoms with van der Waals surface area (Å²) in [6.07, 6.45) is 13.2. The molecule has 0 aromatic rings. The van der Waals surface area contributed by atoms with Gasteiger partial charge < -0.3 is 5.11 Å². The highest BCUT2D eigenvalue weighted by molar-refractivity contribution is 5.65. The van der Waals surface area contributed by atoms with Crippen LogP contribution in [0.15, 0.2) is 46.6 Å². The van der Waals surface area contributed by atoms with E-state index in [1.54, 1.807) is 6.08 Å². The van der Waals surface area contributed by atoms with Crippen molar-refractivity contribution in [2.75, 3.05) is 0 Å². The minimum absolute atomic E-state index is 0.365. The summed E-state index contributed by atoms with van der Waals surface area (Å²) in [6.45, 7) is 10.2. The summed E-state index contributed by atoms with van der Waals surface area (Å²) in [7, 11) is 0. The van der Waals surface area contributed by atoms with Crippen LogP contribution in [0.25, 0.3) is 0 Å². The van der Waals surface area contributed by atoms with Crippen molar-refractivity contribution >= 4 is 6.29 Å². The van der Waals surface area contributed by atoms with E-state index in [4.69, 9.17) is 0 Å². The first-order valence-electron chi connectivity index (χ1n) is 8.11. The molecule has 2 heteroatoms. The van der Waals surface area contributed by atoms with Crippen molar-refractivity contribution in [3.8, 4) is 0 Å². The van der Waals surface area contributed by atoms with Crippen LogP contribution >= 0.6 is 0 Å². The number of carbonyl (C=O) groups is 1. The zero-order valence-corrected chi connectivity index (χ0v) is 14.9. The Morgan fingerprint density at radius 1 is 0.909 bits per heavy atom. The predicted molar refractivity (Wildman–Crippen MR) is 95.9 cm³/mol. The zero-order chi connectivity index (χ0) is 17.0. The topological polar surface area (TPSA) is 37.3 Å². The molecule has 0 bridgehead atoms. The molecule has 0 aliphatic rings. The van der Waals surface area contributed by atoms with Crippen LogP contribution in [0, 0.1) is 0 Å². The van der Waals surface area contributed by atoms with Crippen LogP contribution in [0.1, 0.15) is 66.7 Å². The molecular weight excluding hydrogens is 272 g/mol. The van der Waals surface area contributed by atoms with Gasteiger partial charge in [-0.05, 0) is 78.4 Å². The first-order valence-corrected chi connectivity index (χ1v) is 8.11. The molecule has 1 atom stereocenters. The van der Waals surface area contributed by atoms with Crippen molar-refractivity contribution in [3.63, 3.8) is 0 Å². The Bertz CT molecular complexity index is 446. The van der Waals surface area contributed by atoms with E-state index in [1.807, 2.05) is 27.7 Å². The van der Waals surface area contributed by atoms with E-state index in [-0.39, 0.29) is 6.10 Å². The van der Waals surface area contributed by atoms with Crippen LogP contribution in [0.2, 0.25) is 0 Å². The highest BCUT2D eigenvalue weighted by Crippen LogP contribution is 2.13. The third-order valence-corrected chi connectivity index (χ3v) is 3.66. The van der Waals surface area contributed by atoms with Crippen LogP contribution in [-0.4, -0.2) is 17.5 Å². The molecule has 1 N–H and O–H groups in total. The molecule has 0 radical (unpaired) electrons. The van der Waals surface area contributed by atoms with Gasteiger partial charge in [-0.3, -0.25) is 4.79 Å². The van der Waals surface area contributed by atoms with Crippen molar-refractivity contribution in [1.82, 2.24) is 0 Å². The van der Waals surface area contributed by atoms with Gasteiger partial charge in [-0.25, -0.2) is 0 Å². The molecule has 0 saturated carbocycles. The Kier molecular flexibility index (Phi) is 11.4. The van der Waals surface area contributed by atoms with E-state index >= 15 is 0 Å². The molecule has 2 nitrogen and oxygen atoms in total. The summed E-state index contributed by atoms with van der Waals surface area (Å²) in [4.78, 5) is 10.3. The van der Waals surface area contributed by atoms with Crippen LogP contribution < -0.4 is 0 Å². The second-order valence-corrected chi connectivity index (χ2v) is 6.26. The van der Waals surface area contributed by atoms with Gasteiger partial charge in [0.25, 0.3) is 0 Å². The third-order valence-electron chi connectivity index (χ3n) is 3.66. The van der Waals surface area contributed by atoms with Gasteiger partial charge in [0.15, 0.2) is 0 Å². The summed E-state index contributed by atoms with van der Waals surface area (Å²) in [5.41, 5.74) is 4.78. The smallest absolute Gasteiger partial charge is 0.142 e. The molecular formula is C20H32O2. The van der Waals surface area contributed by atoms with Crippen LogP contribution in [0.3, 0.4) is 0 Å². The lowest BCUT2D eigenvalue weighted by Gasteiger charge is -2.09. The number of carbonyl (C=O) groups excluding carboxylic acids is 1. The maximum absolute atomic E-state index is 10.3. The van der Waals surface area contributed by atoms with Crippen LogP contribution in [0.5, 0.6) is 0 Å². The molecule has 0 fully saturated rings. The minimum atomic E-state index is -0.365. The van der Waals surface area contributed by atoms with Crippen molar-refractivity contribution in [2.45, 2.75) is 72.8 Å². The molecule has 0 rings (SSSR count). The number of hydrogen-bond acceptors (Lipinski definition) is 2. The molecule has 0 amide bonds. The molecule has 0 aromatic carbocycles. The maximum atomic E-state index is 10.3. The van der Waals surface area contributed by atoms with Gasteiger partial charge in [0.1, 0.15) is 6.29 Å². The fourth-order valence-corrected chi connectivity index (χ4v) is 2.04. The van der Waals surface area contributed by atoms with Gasteiger partial charge in [0.05, 0.1) is 6.10 Å². The lowest BCUT2D eigenvalue weighted by atomic mass is 10.0. The fourth-order valence-electron chi connectivity index (χ4n) is 2.04. The predicted octanol–water partition coefficient (Wildman–Crippen LogP) is 5.30. The average molecular weight is 304 g/mol. The van der Waals surface area contributed by atoms with Crippen molar-refractivity contribution in [1.29, 1.82) is 0 Å². The van der Waals surface area contributed by atoms with Gasteiger partial charge in [0.2, 0.25) is 0 Å². The normalized spacial score (nSPS) is 14.7. The van der Waals surface area contributed by atoms with Crippen molar-refractivity contribution in [2.24, 2.45) is 0 Å². The van der Waals surface area contributed by atoms with E-state index in [9.17, 15) is 9.90 Å². The highest BCUT2D eigenvalue weighted by atomic mass is 16.3. The lowest BCUT2D eigenvalue weighted by Crippen LogP contribution is -2.06. The Morgan fingerprint density at radius 2 is 1.50 bits per heavy atom. The molecule has 0 aliphatic carbocycles. The van der Waals surface area contributed by atoms with Gasteiger partial charge in [-0.2, -0.15) is 0 Å². The van der Waals surface area contributed by atoms with E-state index in [1.165, 1.54) is 11.1 Å². The van der Waals surface area contributed by atoms with Gasteiger partial charge >= 0.3 is 0 Å². The SMILES string of the molecule is CC(C)=CC[C@H](O)/C(C)=C/CC/C(C)=C/CC/C(C)=C\C=O. The Balaban J connectivity index is 4.15. The zero-order valence-electron chi connectivity index (χ0n) is 14.9. The summed E-state index contributed by atoms with van der Waals surface area (Å²) in [5.74, 6) is 0. The number of rotatable bonds is 10. The summed E-state index contributed by atoms with van der Waals surface area (Å²) < 4.78 is 0. The van der Waals surface area contributed by atoms with Gasteiger partial charge in [-0.1, -0.05) is 34.9 Å². The summed E-state index contributed by atoms with van der Waals surface area (Å²) in [6, 6.07) is 0. The molecule has 22 heavy (non-hydrogen) atoms. The summed E-state index contributed by atoms with van der Waals surface area (Å²) >= 11 is 0. The van der Waals surface area contributed by atoms with E-state index in [0.717, 1.165) is 43.1 Å². The molecule has 0 aliphatic heterocycles. The van der Waals surface area contributed by atoms with E-state index < -0.39 is 0 Å². The number of allylic oxidation sites excluding steroid dienone is 6. The fraction of sp³-hybridized carbons (Fsp3) is 0.550. The lowest BCUT2D eigenvalue weighted by molar-refractivity contribution is -0.104. The molecule has 0 unspecified atom stereocenters. The minimum Gasteiger partial charge on any atom is -0.388 e. The largest absolute Gasteiger partial charge is 0.388 e. The molecule has 0 saturated heterocycles. The quantitative estimate of drug-likeness (QED) is 0.338. The number of aldehydes is 1. The number of hydrogen-bond donors (Lipinski definition) is 1. The maximum Gasteiger partial charge on any atom is 0.142 e. The second kappa shape index (κ2) is 12.2. The third kappa shape index (κ3) is 11.3. The Hall–Kier alpha value is -1.41. The van der Waals surface area contributed by atoms with Gasteiger partial charge in [0, 0.05) is 0 Å². The first-order chi connectivity index (χ1) is 10.4. The average Bonchev–Trinajstić information content (AvgIpc) is 2.44. The van der Waals surface area contributed by atoms with Crippen molar-refractivity contribution in [3.05, 3.63) is 46.6 Å². The van der Waals surface area contributed by atoms with E-state index in [0.29, 0.717) is 6.42 Å². The van der Waals surface area contributed by atoms with Gasteiger partial charge in [-0.15, -0.1) is 0 Å². The van der Waals surface area contributed by atoms with E-state index in [2.05, 4.69) is 25.2 Å². The molecule has 0 heterocycles. The number of aliphatic hydroxyl groups excluding tert-OH is 1. The molecule has 124 valence electrons. The standard InChI is InChI=1S/C20H32O2/c1-16(2)12-13-20(22)19(5)11-7-10-17(3)8-6-9-18(4)14-15-21/h8,11-12,14-15,20,22H,6-7,9-10,13H2,1-5H3/b17-8+,18-14-,19-11+/t20-/m0/s1. The Morgan fingerprint density at radius 3 is 2.09 bits per heavy atom. The highest BCUT2D eigenvalue weighted by Gasteiger charge is 2.03. The Labute approximate surface area is 136 Å². The number of aliphatic hydroxyl groups is 1. The molecule has 0 spiro atoms. The summed E-state index contributed by atoms with van der Waals surface area (Å²) in [5, 5.41) is 10.0. The first kappa shape index (κ1) is 20.6. The van der Waals surface area contributed by atoms with Crippen LogP contribution in [-0.2, 0) is 4.79 Å². The second-order valence-electron chi connectivity index (χ2n) is 6.26. The van der Waals surface area contributed by atoms with Crippen molar-refractivity contribution < 1.29 is 9.90 Å². The monoisotopic (exact) mass is 304 g/mol. The van der Waals surface area contributed by atoms with Crippen LogP contribution in [0.4, 0.5) is 0 Å². The molecule has 0 aromatic heterocycles.